The van der Waals surface area contributed by atoms with Crippen LogP contribution in [0.5, 0.6) is 0 Å². The van der Waals surface area contributed by atoms with Crippen LogP contribution in [0, 0.1) is 0 Å². The third-order valence-corrected chi connectivity index (χ3v) is 3.65. The summed E-state index contributed by atoms with van der Waals surface area (Å²) in [6.07, 6.45) is 0. The van der Waals surface area contributed by atoms with Crippen molar-refractivity contribution in [3.05, 3.63) is 91.0 Å². The standard InChI is InChI=1S/C19H15N4/c1-4-10-16(11-5-1)19-22(17-12-6-2-7-13-17)20-21-23(19)18-14-8-3-9-15-18/h1-15H/q+1. The van der Waals surface area contributed by atoms with Crippen molar-refractivity contribution in [2.24, 2.45) is 0 Å². The number of hydrogen-bond acceptors (Lipinski definition) is 2. The van der Waals surface area contributed by atoms with E-state index in [2.05, 4.69) is 22.6 Å². The number of nitrogens with zero attached hydrogens (tertiary/aromatic N) is 4. The zero-order valence-corrected chi connectivity index (χ0v) is 12.4. The summed E-state index contributed by atoms with van der Waals surface area (Å²) >= 11 is 0. The molecule has 0 aliphatic rings. The molecular formula is C19H15N4+. The minimum atomic E-state index is 0.919. The molecule has 1 heterocycles. The van der Waals surface area contributed by atoms with Crippen LogP contribution >= 0.6 is 0 Å². The molecule has 0 aliphatic carbocycles. The Balaban J connectivity index is 1.97. The number of para-hydroxylation sites is 2. The highest BCUT2D eigenvalue weighted by molar-refractivity contribution is 5.55. The fourth-order valence-corrected chi connectivity index (χ4v) is 2.57. The minimum Gasteiger partial charge on any atom is -0.0971 e. The molecule has 0 aliphatic heterocycles. The number of benzene rings is 3. The third kappa shape index (κ3) is 2.51. The third-order valence-electron chi connectivity index (χ3n) is 3.65. The summed E-state index contributed by atoms with van der Waals surface area (Å²) < 4.78 is 3.73. The Morgan fingerprint density at radius 1 is 0.652 bits per heavy atom. The van der Waals surface area contributed by atoms with Crippen molar-refractivity contribution in [3.63, 3.8) is 0 Å². The number of hydrogen-bond donors (Lipinski definition) is 0. The molecule has 0 amide bonds. The second-order valence-corrected chi connectivity index (χ2v) is 5.16. The predicted octanol–water partition coefficient (Wildman–Crippen LogP) is 3.21. The molecule has 0 bridgehead atoms. The summed E-state index contributed by atoms with van der Waals surface area (Å²) in [7, 11) is 0. The van der Waals surface area contributed by atoms with E-state index in [0.717, 1.165) is 22.8 Å². The zero-order chi connectivity index (χ0) is 15.5. The first kappa shape index (κ1) is 13.4. The monoisotopic (exact) mass is 299 g/mol. The van der Waals surface area contributed by atoms with Crippen LogP contribution in [0.25, 0.3) is 22.8 Å². The first-order valence-corrected chi connectivity index (χ1v) is 7.48. The molecule has 4 rings (SSSR count). The van der Waals surface area contributed by atoms with Gasteiger partial charge in [0.25, 0.3) is 5.82 Å². The van der Waals surface area contributed by atoms with Gasteiger partial charge in [-0.05, 0) is 41.1 Å². The molecule has 0 spiro atoms. The summed E-state index contributed by atoms with van der Waals surface area (Å²) in [5.41, 5.74) is 3.02. The van der Waals surface area contributed by atoms with Crippen molar-refractivity contribution in [2.75, 3.05) is 0 Å². The molecule has 0 saturated carbocycles. The summed E-state index contributed by atoms with van der Waals surface area (Å²) in [6, 6.07) is 30.3. The quantitative estimate of drug-likeness (QED) is 0.544. The van der Waals surface area contributed by atoms with Gasteiger partial charge in [0.2, 0.25) is 0 Å². The normalized spacial score (nSPS) is 10.6. The van der Waals surface area contributed by atoms with Gasteiger partial charge < -0.3 is 0 Å². The summed E-state index contributed by atoms with van der Waals surface area (Å²) in [6.45, 7) is 0. The van der Waals surface area contributed by atoms with Gasteiger partial charge in [-0.1, -0.05) is 59.3 Å². The average Bonchev–Trinajstić information content (AvgIpc) is 3.09. The molecule has 0 radical (unpaired) electrons. The van der Waals surface area contributed by atoms with E-state index < -0.39 is 0 Å². The van der Waals surface area contributed by atoms with Crippen molar-refractivity contribution in [2.45, 2.75) is 0 Å². The SMILES string of the molecule is c1ccc(-c2n(-c3ccccc3)nn[n+]2-c2ccccc2)cc1. The lowest BCUT2D eigenvalue weighted by atomic mass is 10.2. The second-order valence-electron chi connectivity index (χ2n) is 5.16. The minimum absolute atomic E-state index is 0.919. The van der Waals surface area contributed by atoms with Crippen LogP contribution in [-0.2, 0) is 0 Å². The lowest BCUT2D eigenvalue weighted by molar-refractivity contribution is -0.649. The Morgan fingerprint density at radius 2 is 1.22 bits per heavy atom. The van der Waals surface area contributed by atoms with E-state index in [1.54, 1.807) is 0 Å². The number of aromatic nitrogens is 4. The Morgan fingerprint density at radius 3 is 1.87 bits per heavy atom. The van der Waals surface area contributed by atoms with Crippen LogP contribution in [0.2, 0.25) is 0 Å². The topological polar surface area (TPSA) is 34.6 Å². The van der Waals surface area contributed by atoms with Crippen LogP contribution in [0.4, 0.5) is 0 Å². The van der Waals surface area contributed by atoms with Gasteiger partial charge in [-0.25, -0.2) is 0 Å². The molecule has 4 aromatic rings. The number of tetrazole rings is 1. The maximum Gasteiger partial charge on any atom is 0.299 e. The average molecular weight is 299 g/mol. The maximum absolute atomic E-state index is 4.37. The largest absolute Gasteiger partial charge is 0.299 e. The Hall–Kier alpha value is -3.27. The molecule has 110 valence electrons. The van der Waals surface area contributed by atoms with Crippen LogP contribution < -0.4 is 4.68 Å². The van der Waals surface area contributed by atoms with Crippen LogP contribution in [0.1, 0.15) is 0 Å². The van der Waals surface area contributed by atoms with Crippen molar-refractivity contribution in [3.8, 4) is 22.8 Å². The van der Waals surface area contributed by atoms with Gasteiger partial charge in [-0.3, -0.25) is 0 Å². The Bertz CT molecular complexity index is 843. The van der Waals surface area contributed by atoms with E-state index in [9.17, 15) is 0 Å². The van der Waals surface area contributed by atoms with Gasteiger partial charge in [-0.15, -0.1) is 0 Å². The predicted molar refractivity (Wildman–Crippen MR) is 88.3 cm³/mol. The summed E-state index contributed by atoms with van der Waals surface area (Å²) in [5, 5.41) is 8.74. The maximum atomic E-state index is 4.37. The zero-order valence-electron chi connectivity index (χ0n) is 12.4. The molecule has 4 nitrogen and oxygen atoms in total. The molecule has 0 saturated heterocycles. The molecule has 0 unspecified atom stereocenters. The molecule has 3 aromatic carbocycles. The first-order chi connectivity index (χ1) is 11.4. The second kappa shape index (κ2) is 5.85. The van der Waals surface area contributed by atoms with Gasteiger partial charge in [0.15, 0.2) is 5.21 Å². The fraction of sp³-hybridized carbons (Fsp3) is 0. The van der Waals surface area contributed by atoms with Gasteiger partial charge in [0.05, 0.1) is 5.56 Å². The van der Waals surface area contributed by atoms with Crippen molar-refractivity contribution in [1.29, 1.82) is 0 Å². The highest BCUT2D eigenvalue weighted by Gasteiger charge is 2.25. The van der Waals surface area contributed by atoms with Crippen molar-refractivity contribution < 1.29 is 4.68 Å². The molecule has 0 N–H and O–H groups in total. The van der Waals surface area contributed by atoms with Crippen molar-refractivity contribution >= 4 is 0 Å². The van der Waals surface area contributed by atoms with E-state index in [4.69, 9.17) is 0 Å². The van der Waals surface area contributed by atoms with Crippen LogP contribution in [-0.4, -0.2) is 15.1 Å². The molecule has 0 atom stereocenters. The Labute approximate surface area is 134 Å². The summed E-state index contributed by atoms with van der Waals surface area (Å²) in [4.78, 5) is 0. The van der Waals surface area contributed by atoms with Crippen LogP contribution in [0.15, 0.2) is 91.0 Å². The van der Waals surface area contributed by atoms with Crippen molar-refractivity contribution in [1.82, 2.24) is 15.1 Å². The van der Waals surface area contributed by atoms with Crippen LogP contribution in [0.3, 0.4) is 0 Å². The first-order valence-electron chi connectivity index (χ1n) is 7.48. The molecule has 1 aromatic heterocycles. The van der Waals surface area contributed by atoms with E-state index in [-0.39, 0.29) is 0 Å². The lowest BCUT2D eigenvalue weighted by Gasteiger charge is -2.02. The lowest BCUT2D eigenvalue weighted by Crippen LogP contribution is -2.35. The highest BCUT2D eigenvalue weighted by atomic mass is 15.6. The van der Waals surface area contributed by atoms with Gasteiger partial charge in [0.1, 0.15) is 16.6 Å². The molecule has 4 heteroatoms. The molecule has 0 fully saturated rings. The summed E-state index contributed by atoms with van der Waals surface area (Å²) in [5.74, 6) is 0.919. The smallest absolute Gasteiger partial charge is 0.0971 e. The van der Waals surface area contributed by atoms with Gasteiger partial charge in [0, 0.05) is 0 Å². The van der Waals surface area contributed by atoms with Gasteiger partial charge in [-0.2, -0.15) is 0 Å². The van der Waals surface area contributed by atoms with E-state index >= 15 is 0 Å². The van der Waals surface area contributed by atoms with E-state index in [0.29, 0.717) is 0 Å². The Kier molecular flexibility index (Phi) is 3.41. The highest BCUT2D eigenvalue weighted by Crippen LogP contribution is 2.19. The number of rotatable bonds is 3. The molecule has 23 heavy (non-hydrogen) atoms. The fourth-order valence-electron chi connectivity index (χ4n) is 2.57. The van der Waals surface area contributed by atoms with Gasteiger partial charge >= 0.3 is 0 Å². The van der Waals surface area contributed by atoms with E-state index in [1.165, 1.54) is 0 Å². The molecular weight excluding hydrogens is 284 g/mol. The van der Waals surface area contributed by atoms with E-state index in [1.807, 2.05) is 88.2 Å².